The molecule has 0 saturated heterocycles. The maximum atomic E-state index is 16.1. The summed E-state index contributed by atoms with van der Waals surface area (Å²) in [5.41, 5.74) is 4.68. The van der Waals surface area contributed by atoms with Crippen molar-refractivity contribution in [2.75, 3.05) is 5.32 Å². The number of imidazole rings is 1. The minimum absolute atomic E-state index is 0.00472. The molecule has 38 heavy (non-hydrogen) atoms. The van der Waals surface area contributed by atoms with E-state index in [2.05, 4.69) is 35.5 Å². The van der Waals surface area contributed by atoms with Crippen LogP contribution in [0.5, 0.6) is 0 Å². The Labute approximate surface area is 220 Å². The zero-order valence-corrected chi connectivity index (χ0v) is 21.0. The maximum absolute atomic E-state index is 16.1. The van der Waals surface area contributed by atoms with Crippen LogP contribution in [-0.4, -0.2) is 36.0 Å². The summed E-state index contributed by atoms with van der Waals surface area (Å²) in [6.45, 7) is 0. The molecule has 0 spiro atoms. The predicted molar refractivity (Wildman–Crippen MR) is 146 cm³/mol. The van der Waals surface area contributed by atoms with Crippen LogP contribution < -0.4 is 5.32 Å². The van der Waals surface area contributed by atoms with E-state index in [0.29, 0.717) is 44.9 Å². The summed E-state index contributed by atoms with van der Waals surface area (Å²) in [7, 11) is 0. The normalized spacial score (nSPS) is 14.0. The minimum Gasteiger partial charge on any atom is -0.335 e. The number of halogens is 1. The third-order valence-electron chi connectivity index (χ3n) is 7.11. The van der Waals surface area contributed by atoms with Crippen molar-refractivity contribution in [3.63, 3.8) is 0 Å². The van der Waals surface area contributed by atoms with Crippen LogP contribution >= 0.6 is 11.3 Å². The van der Waals surface area contributed by atoms with Crippen LogP contribution in [0.25, 0.3) is 55.2 Å². The Morgan fingerprint density at radius 2 is 2.00 bits per heavy atom. The van der Waals surface area contributed by atoms with Crippen molar-refractivity contribution in [2.45, 2.75) is 25.7 Å². The lowest BCUT2D eigenvalue weighted by Crippen LogP contribution is -2.20. The molecule has 1 aliphatic rings. The Morgan fingerprint density at radius 1 is 1.11 bits per heavy atom. The molecule has 10 heteroatoms. The Morgan fingerprint density at radius 3 is 2.84 bits per heavy atom. The Hall–Kier alpha value is -4.44. The second-order valence-corrected chi connectivity index (χ2v) is 10.4. The van der Waals surface area contributed by atoms with E-state index in [1.165, 1.54) is 0 Å². The standard InChI is InChI=1S/C28H22FN7OS/c29-23-18(16-12-17(14-30-13-16)32-28(37)15-4-1-2-5-15)7-8-20-22(23)25(36-35-20)27-33-24-19(21-6-3-11-38-21)9-10-31-26(24)34-27/h3,6-15H,1-2,4-5H2,(H,32,37)(H,35,36)(H,31,33,34). The van der Waals surface area contributed by atoms with Crippen LogP contribution in [0.3, 0.4) is 0 Å². The van der Waals surface area contributed by atoms with Crippen molar-refractivity contribution in [2.24, 2.45) is 5.92 Å². The number of carbonyl (C=O) groups excluding carboxylic acids is 1. The number of aromatic nitrogens is 6. The average Bonchev–Trinajstić information content (AvgIpc) is 3.74. The van der Waals surface area contributed by atoms with Crippen molar-refractivity contribution in [3.8, 4) is 33.1 Å². The van der Waals surface area contributed by atoms with Gasteiger partial charge >= 0.3 is 0 Å². The molecule has 1 fully saturated rings. The van der Waals surface area contributed by atoms with Gasteiger partial charge in [-0.15, -0.1) is 11.3 Å². The van der Waals surface area contributed by atoms with Crippen LogP contribution in [0, 0.1) is 11.7 Å². The molecule has 0 bridgehead atoms. The Kier molecular flexibility index (Phi) is 5.47. The summed E-state index contributed by atoms with van der Waals surface area (Å²) in [5, 5.41) is 12.6. The van der Waals surface area contributed by atoms with Crippen LogP contribution in [0.4, 0.5) is 10.1 Å². The van der Waals surface area contributed by atoms with Gasteiger partial charge in [-0.05, 0) is 48.6 Å². The molecule has 0 atom stereocenters. The first-order chi connectivity index (χ1) is 18.7. The molecular weight excluding hydrogens is 501 g/mol. The quantitative estimate of drug-likeness (QED) is 0.237. The minimum atomic E-state index is -0.445. The molecule has 1 aliphatic carbocycles. The number of amides is 1. The Balaban J connectivity index is 1.28. The van der Waals surface area contributed by atoms with Gasteiger partial charge in [0.15, 0.2) is 11.5 Å². The lowest BCUT2D eigenvalue weighted by molar-refractivity contribution is -0.119. The van der Waals surface area contributed by atoms with Crippen LogP contribution in [0.1, 0.15) is 25.7 Å². The fourth-order valence-electron chi connectivity index (χ4n) is 5.22. The summed E-state index contributed by atoms with van der Waals surface area (Å²) < 4.78 is 16.1. The molecule has 5 heterocycles. The first kappa shape index (κ1) is 22.7. The van der Waals surface area contributed by atoms with Gasteiger partial charge in [0, 0.05) is 39.9 Å². The fourth-order valence-corrected chi connectivity index (χ4v) is 5.97. The first-order valence-corrected chi connectivity index (χ1v) is 13.4. The lowest BCUT2D eigenvalue weighted by Gasteiger charge is -2.11. The van der Waals surface area contributed by atoms with Gasteiger partial charge in [0.2, 0.25) is 5.91 Å². The number of nitrogens with zero attached hydrogens (tertiary/aromatic N) is 4. The van der Waals surface area contributed by atoms with Gasteiger partial charge < -0.3 is 10.3 Å². The van der Waals surface area contributed by atoms with E-state index in [1.807, 2.05) is 23.6 Å². The number of benzene rings is 1. The molecule has 1 aromatic carbocycles. The molecule has 0 radical (unpaired) electrons. The maximum Gasteiger partial charge on any atom is 0.227 e. The number of rotatable bonds is 5. The molecule has 7 rings (SSSR count). The summed E-state index contributed by atoms with van der Waals surface area (Å²) in [4.78, 5) is 30.3. The molecule has 1 amide bonds. The second kappa shape index (κ2) is 9.14. The number of carbonyl (C=O) groups is 1. The predicted octanol–water partition coefficient (Wildman–Crippen LogP) is 6.56. The van der Waals surface area contributed by atoms with E-state index < -0.39 is 5.82 Å². The molecular formula is C28H22FN7OS. The van der Waals surface area contributed by atoms with E-state index in [0.717, 1.165) is 41.6 Å². The number of thiophene rings is 1. The number of fused-ring (bicyclic) bond motifs is 2. The van der Waals surface area contributed by atoms with Gasteiger partial charge in [0.25, 0.3) is 0 Å². The van der Waals surface area contributed by atoms with E-state index in [4.69, 9.17) is 0 Å². The number of nitrogens with one attached hydrogen (secondary N) is 3. The SMILES string of the molecule is O=C(Nc1cncc(-c2ccc3[nH]nc(-c4nc5nccc(-c6cccs6)c5[nH]4)c3c2F)c1)C1CCCC1. The molecule has 0 unspecified atom stereocenters. The zero-order chi connectivity index (χ0) is 25.6. The highest BCUT2D eigenvalue weighted by molar-refractivity contribution is 7.13. The van der Waals surface area contributed by atoms with Crippen LogP contribution in [-0.2, 0) is 4.79 Å². The van der Waals surface area contributed by atoms with Crippen molar-refractivity contribution >= 4 is 45.0 Å². The topological polar surface area (TPSA) is 112 Å². The number of pyridine rings is 2. The number of H-pyrrole nitrogens is 2. The van der Waals surface area contributed by atoms with Gasteiger partial charge in [0.1, 0.15) is 11.5 Å². The summed E-state index contributed by atoms with van der Waals surface area (Å²) in [6.07, 6.45) is 8.85. The Bertz CT molecular complexity index is 1800. The van der Waals surface area contributed by atoms with Crippen molar-refractivity contribution in [3.05, 3.63) is 66.2 Å². The van der Waals surface area contributed by atoms with Crippen LogP contribution in [0.2, 0.25) is 0 Å². The molecule has 3 N–H and O–H groups in total. The smallest absolute Gasteiger partial charge is 0.227 e. The number of anilines is 1. The molecule has 188 valence electrons. The van der Waals surface area contributed by atoms with Gasteiger partial charge in [-0.1, -0.05) is 18.9 Å². The number of hydrogen-bond donors (Lipinski definition) is 3. The molecule has 0 aliphatic heterocycles. The van der Waals surface area contributed by atoms with Gasteiger partial charge in [-0.3, -0.25) is 14.9 Å². The first-order valence-electron chi connectivity index (χ1n) is 12.5. The molecule has 8 nitrogen and oxygen atoms in total. The third-order valence-corrected chi connectivity index (χ3v) is 8.02. The summed E-state index contributed by atoms with van der Waals surface area (Å²) in [6, 6.07) is 11.2. The van der Waals surface area contributed by atoms with E-state index in [9.17, 15) is 4.79 Å². The van der Waals surface area contributed by atoms with Crippen molar-refractivity contribution < 1.29 is 9.18 Å². The van der Waals surface area contributed by atoms with Gasteiger partial charge in [-0.25, -0.2) is 14.4 Å². The molecule has 5 aromatic heterocycles. The van der Waals surface area contributed by atoms with Gasteiger partial charge in [-0.2, -0.15) is 5.10 Å². The van der Waals surface area contributed by atoms with Gasteiger partial charge in [0.05, 0.1) is 28.3 Å². The highest BCUT2D eigenvalue weighted by Gasteiger charge is 2.24. The fraction of sp³-hybridized carbons (Fsp3) is 0.179. The zero-order valence-electron chi connectivity index (χ0n) is 20.2. The third kappa shape index (κ3) is 3.84. The van der Waals surface area contributed by atoms with Crippen molar-refractivity contribution in [1.29, 1.82) is 0 Å². The number of hydrogen-bond acceptors (Lipinski definition) is 6. The van der Waals surface area contributed by atoms with E-state index in [-0.39, 0.29) is 11.8 Å². The van der Waals surface area contributed by atoms with E-state index >= 15 is 4.39 Å². The summed E-state index contributed by atoms with van der Waals surface area (Å²) in [5.74, 6) is 0.00231. The van der Waals surface area contributed by atoms with Crippen LogP contribution in [0.15, 0.2) is 60.4 Å². The highest BCUT2D eigenvalue weighted by atomic mass is 32.1. The lowest BCUT2D eigenvalue weighted by atomic mass is 10.0. The molecule has 6 aromatic rings. The van der Waals surface area contributed by atoms with Crippen molar-refractivity contribution in [1.82, 2.24) is 30.1 Å². The molecule has 1 saturated carbocycles. The number of aromatic amines is 2. The monoisotopic (exact) mass is 523 g/mol. The summed E-state index contributed by atoms with van der Waals surface area (Å²) >= 11 is 1.62. The average molecular weight is 524 g/mol. The second-order valence-electron chi connectivity index (χ2n) is 9.47. The largest absolute Gasteiger partial charge is 0.335 e. The highest BCUT2D eigenvalue weighted by Crippen LogP contribution is 2.36. The van der Waals surface area contributed by atoms with E-state index in [1.54, 1.807) is 48.1 Å².